The molecule has 2 atom stereocenters. The van der Waals surface area contributed by atoms with Gasteiger partial charge in [-0.1, -0.05) is 13.8 Å². The molecular weight excluding hydrogens is 246 g/mol. The van der Waals surface area contributed by atoms with E-state index in [4.69, 9.17) is 5.73 Å². The van der Waals surface area contributed by atoms with Gasteiger partial charge in [0, 0.05) is 33.9 Å². The number of hydrogen-bond acceptors (Lipinski definition) is 3. The number of aromatic nitrogens is 2. The molecule has 98 valence electrons. The van der Waals surface area contributed by atoms with Crippen molar-refractivity contribution in [3.63, 3.8) is 0 Å². The van der Waals surface area contributed by atoms with Crippen molar-refractivity contribution >= 4 is 27.5 Å². The Balaban J connectivity index is 2.06. The maximum absolute atomic E-state index is 11.9. The molecule has 0 saturated heterocycles. The van der Waals surface area contributed by atoms with Crippen molar-refractivity contribution in [2.24, 2.45) is 0 Å². The van der Waals surface area contributed by atoms with Crippen LogP contribution in [0, 0.1) is 0 Å². The molecule has 0 aliphatic rings. The lowest BCUT2D eigenvalue weighted by atomic mass is 10.3. The highest BCUT2D eigenvalue weighted by Crippen LogP contribution is 2.15. The van der Waals surface area contributed by atoms with Crippen molar-refractivity contribution < 1.29 is 4.21 Å². The van der Waals surface area contributed by atoms with Crippen LogP contribution < -0.4 is 5.73 Å². The molecule has 0 aliphatic carbocycles. The molecule has 1 heterocycles. The Kier molecular flexibility index (Phi) is 4.01. The summed E-state index contributed by atoms with van der Waals surface area (Å²) in [5.74, 6) is 1.54. The van der Waals surface area contributed by atoms with E-state index in [0.717, 1.165) is 29.0 Å². The molecule has 0 amide bonds. The zero-order chi connectivity index (χ0) is 13.1. The standard InChI is InChI=1S/C13H19N3OS/c1-3-9(2)18(17)7-6-13-15-11-5-4-10(14)8-12(11)16-13/h4-5,8-9H,3,6-7,14H2,1-2H3,(H,15,16). The molecule has 18 heavy (non-hydrogen) atoms. The van der Waals surface area contributed by atoms with Gasteiger partial charge in [-0.2, -0.15) is 0 Å². The second-order valence-electron chi connectivity index (χ2n) is 4.51. The van der Waals surface area contributed by atoms with E-state index in [-0.39, 0.29) is 5.25 Å². The van der Waals surface area contributed by atoms with E-state index in [2.05, 4.69) is 16.9 Å². The molecule has 0 spiro atoms. The number of aromatic amines is 1. The zero-order valence-electron chi connectivity index (χ0n) is 10.8. The van der Waals surface area contributed by atoms with E-state index in [1.165, 1.54) is 0 Å². The van der Waals surface area contributed by atoms with E-state index in [1.54, 1.807) is 0 Å². The second-order valence-corrected chi connectivity index (χ2v) is 6.49. The fourth-order valence-electron chi connectivity index (χ4n) is 1.78. The molecule has 0 aliphatic heterocycles. The lowest BCUT2D eigenvalue weighted by Crippen LogP contribution is -2.14. The van der Waals surface area contributed by atoms with Crippen LogP contribution in [-0.2, 0) is 17.2 Å². The molecule has 0 radical (unpaired) electrons. The summed E-state index contributed by atoms with van der Waals surface area (Å²) in [7, 11) is -0.776. The summed E-state index contributed by atoms with van der Waals surface area (Å²) < 4.78 is 11.9. The van der Waals surface area contributed by atoms with Crippen molar-refractivity contribution in [1.29, 1.82) is 0 Å². The molecule has 0 fully saturated rings. The number of aryl methyl sites for hydroxylation is 1. The van der Waals surface area contributed by atoms with Crippen LogP contribution in [0.2, 0.25) is 0 Å². The average molecular weight is 265 g/mol. The van der Waals surface area contributed by atoms with Gasteiger partial charge in [0.15, 0.2) is 0 Å². The van der Waals surface area contributed by atoms with Crippen LogP contribution in [0.3, 0.4) is 0 Å². The first-order valence-electron chi connectivity index (χ1n) is 6.21. The fourth-order valence-corrected chi connectivity index (χ4v) is 2.95. The molecular formula is C13H19N3OS. The Morgan fingerprint density at radius 3 is 3.00 bits per heavy atom. The summed E-state index contributed by atoms with van der Waals surface area (Å²) in [5.41, 5.74) is 8.29. The highest BCUT2D eigenvalue weighted by molar-refractivity contribution is 7.85. The summed E-state index contributed by atoms with van der Waals surface area (Å²) in [6.07, 6.45) is 1.66. The topological polar surface area (TPSA) is 71.8 Å². The molecule has 2 aromatic rings. The minimum atomic E-state index is -0.776. The van der Waals surface area contributed by atoms with Crippen molar-refractivity contribution in [3.05, 3.63) is 24.0 Å². The molecule has 0 bridgehead atoms. The fraction of sp³-hybridized carbons (Fsp3) is 0.462. The van der Waals surface area contributed by atoms with Crippen molar-refractivity contribution in [1.82, 2.24) is 9.97 Å². The maximum atomic E-state index is 11.9. The predicted octanol–water partition coefficient (Wildman–Crippen LogP) is 2.23. The minimum absolute atomic E-state index is 0.255. The molecule has 2 unspecified atom stereocenters. The quantitative estimate of drug-likeness (QED) is 0.814. The number of fused-ring (bicyclic) bond motifs is 1. The predicted molar refractivity (Wildman–Crippen MR) is 77.0 cm³/mol. The van der Waals surface area contributed by atoms with E-state index < -0.39 is 10.8 Å². The van der Waals surface area contributed by atoms with Gasteiger partial charge >= 0.3 is 0 Å². The molecule has 0 saturated carbocycles. The first kappa shape index (κ1) is 13.1. The number of nitrogens with two attached hydrogens (primary N) is 1. The Morgan fingerprint density at radius 1 is 1.50 bits per heavy atom. The number of rotatable bonds is 5. The summed E-state index contributed by atoms with van der Waals surface area (Å²) >= 11 is 0. The number of nitrogens with one attached hydrogen (secondary N) is 1. The minimum Gasteiger partial charge on any atom is -0.399 e. The Labute approximate surface area is 109 Å². The molecule has 1 aromatic heterocycles. The SMILES string of the molecule is CCC(C)S(=O)CCc1nc2ccc(N)cc2[nH]1. The maximum Gasteiger partial charge on any atom is 0.108 e. The molecule has 4 nitrogen and oxygen atoms in total. The van der Waals surface area contributed by atoms with Crippen molar-refractivity contribution in [2.75, 3.05) is 11.5 Å². The van der Waals surface area contributed by atoms with E-state index in [9.17, 15) is 4.21 Å². The zero-order valence-corrected chi connectivity index (χ0v) is 11.6. The average Bonchev–Trinajstić information content (AvgIpc) is 2.76. The molecule has 5 heteroatoms. The van der Waals surface area contributed by atoms with E-state index in [0.29, 0.717) is 12.2 Å². The van der Waals surface area contributed by atoms with Crippen LogP contribution in [0.1, 0.15) is 26.1 Å². The van der Waals surface area contributed by atoms with Crippen LogP contribution in [0.5, 0.6) is 0 Å². The normalized spacial score (nSPS) is 14.8. The molecule has 3 N–H and O–H groups in total. The lowest BCUT2D eigenvalue weighted by Gasteiger charge is -2.06. The number of hydrogen-bond donors (Lipinski definition) is 2. The van der Waals surface area contributed by atoms with Gasteiger partial charge < -0.3 is 10.7 Å². The first-order valence-corrected chi connectivity index (χ1v) is 7.59. The van der Waals surface area contributed by atoms with Gasteiger partial charge in [-0.3, -0.25) is 4.21 Å². The third-order valence-corrected chi connectivity index (χ3v) is 4.96. The number of benzene rings is 1. The van der Waals surface area contributed by atoms with E-state index >= 15 is 0 Å². The Bertz CT molecular complexity index is 564. The smallest absolute Gasteiger partial charge is 0.108 e. The van der Waals surface area contributed by atoms with Crippen molar-refractivity contribution in [3.8, 4) is 0 Å². The van der Waals surface area contributed by atoms with Gasteiger partial charge in [0.25, 0.3) is 0 Å². The highest BCUT2D eigenvalue weighted by atomic mass is 32.2. The summed E-state index contributed by atoms with van der Waals surface area (Å²) in [6.45, 7) is 4.09. The summed E-state index contributed by atoms with van der Waals surface area (Å²) in [4.78, 5) is 7.69. The second kappa shape index (κ2) is 5.52. The Morgan fingerprint density at radius 2 is 2.28 bits per heavy atom. The number of nitrogens with zero attached hydrogens (tertiary/aromatic N) is 1. The Hall–Kier alpha value is -1.36. The van der Waals surface area contributed by atoms with Crippen LogP contribution in [0.25, 0.3) is 11.0 Å². The van der Waals surface area contributed by atoms with Crippen LogP contribution in [-0.4, -0.2) is 25.2 Å². The molecule has 1 aromatic carbocycles. The van der Waals surface area contributed by atoms with Crippen LogP contribution >= 0.6 is 0 Å². The lowest BCUT2D eigenvalue weighted by molar-refractivity contribution is 0.669. The van der Waals surface area contributed by atoms with Crippen LogP contribution in [0.4, 0.5) is 5.69 Å². The van der Waals surface area contributed by atoms with Gasteiger partial charge in [-0.05, 0) is 24.6 Å². The summed E-state index contributed by atoms with van der Waals surface area (Å²) in [6, 6.07) is 5.61. The number of nitrogen functional groups attached to an aromatic ring is 1. The van der Waals surface area contributed by atoms with Crippen LogP contribution in [0.15, 0.2) is 18.2 Å². The third-order valence-electron chi connectivity index (χ3n) is 3.12. The monoisotopic (exact) mass is 265 g/mol. The number of H-pyrrole nitrogens is 1. The van der Waals surface area contributed by atoms with Gasteiger partial charge in [0.05, 0.1) is 11.0 Å². The van der Waals surface area contributed by atoms with Gasteiger partial charge in [0.1, 0.15) is 5.82 Å². The van der Waals surface area contributed by atoms with Gasteiger partial charge in [-0.15, -0.1) is 0 Å². The third kappa shape index (κ3) is 2.90. The molecule has 2 rings (SSSR count). The van der Waals surface area contributed by atoms with Gasteiger partial charge in [-0.25, -0.2) is 4.98 Å². The first-order chi connectivity index (χ1) is 8.60. The van der Waals surface area contributed by atoms with Gasteiger partial charge in [0.2, 0.25) is 0 Å². The highest BCUT2D eigenvalue weighted by Gasteiger charge is 2.10. The summed E-state index contributed by atoms with van der Waals surface area (Å²) in [5, 5.41) is 0.255. The largest absolute Gasteiger partial charge is 0.399 e. The number of anilines is 1. The van der Waals surface area contributed by atoms with E-state index in [1.807, 2.05) is 25.1 Å². The van der Waals surface area contributed by atoms with Crippen molar-refractivity contribution in [2.45, 2.75) is 31.9 Å². The number of imidazole rings is 1.